The van der Waals surface area contributed by atoms with Crippen molar-refractivity contribution in [2.24, 2.45) is 0 Å². The van der Waals surface area contributed by atoms with E-state index < -0.39 is 91.4 Å². The van der Waals surface area contributed by atoms with Crippen molar-refractivity contribution in [3.63, 3.8) is 0 Å². The summed E-state index contributed by atoms with van der Waals surface area (Å²) in [5.74, 6) is -1.63. The van der Waals surface area contributed by atoms with E-state index in [1.54, 1.807) is 0 Å². The van der Waals surface area contributed by atoms with E-state index in [-0.39, 0.29) is 39.4 Å². The molecule has 0 spiro atoms. The molecular formula is C28H32O16. The van der Waals surface area contributed by atoms with Gasteiger partial charge in [-0.05, 0) is 18.2 Å². The van der Waals surface area contributed by atoms with Crippen LogP contribution in [0.1, 0.15) is 11.7 Å². The summed E-state index contributed by atoms with van der Waals surface area (Å²) in [7, 11) is 1.22. The van der Waals surface area contributed by atoms with Crippen LogP contribution >= 0.6 is 0 Å². The van der Waals surface area contributed by atoms with Gasteiger partial charge in [0, 0.05) is 17.7 Å². The third-order valence-corrected chi connectivity index (χ3v) is 7.73. The van der Waals surface area contributed by atoms with Crippen LogP contribution in [0.15, 0.2) is 39.5 Å². The molecule has 10 N–H and O–H groups in total. The fourth-order valence-corrected chi connectivity index (χ4v) is 5.27. The smallest absolute Gasteiger partial charge is 0.229 e. The highest BCUT2D eigenvalue weighted by molar-refractivity contribution is 5.88. The summed E-state index contributed by atoms with van der Waals surface area (Å²) in [6, 6.07) is 6.00. The lowest BCUT2D eigenvalue weighted by molar-refractivity contribution is -0.277. The third kappa shape index (κ3) is 5.45. The summed E-state index contributed by atoms with van der Waals surface area (Å²) in [6.07, 6.45) is -16.0. The number of aromatic hydroxyl groups is 2. The lowest BCUT2D eigenvalue weighted by Gasteiger charge is -2.40. The van der Waals surface area contributed by atoms with E-state index >= 15 is 0 Å². The Morgan fingerprint density at radius 1 is 0.773 bits per heavy atom. The van der Waals surface area contributed by atoms with Crippen molar-refractivity contribution in [3.05, 3.63) is 46.1 Å². The molecule has 5 rings (SSSR count). The number of phenols is 2. The Kier molecular flexibility index (Phi) is 9.01. The number of aliphatic hydroxyl groups is 8. The van der Waals surface area contributed by atoms with E-state index in [4.69, 9.17) is 23.4 Å². The molecule has 0 saturated carbocycles. The van der Waals surface area contributed by atoms with Gasteiger partial charge in [0.05, 0.1) is 25.9 Å². The van der Waals surface area contributed by atoms with Crippen molar-refractivity contribution in [2.75, 3.05) is 20.3 Å². The maximum atomic E-state index is 13.3. The van der Waals surface area contributed by atoms with Crippen LogP contribution in [0.25, 0.3) is 22.3 Å². The summed E-state index contributed by atoms with van der Waals surface area (Å²) in [5.41, 5.74) is -1.02. The maximum absolute atomic E-state index is 13.3. The minimum Gasteiger partial charge on any atom is -0.506 e. The fraction of sp³-hybridized carbons (Fsp3) is 0.464. The lowest BCUT2D eigenvalue weighted by Crippen LogP contribution is -2.60. The highest BCUT2D eigenvalue weighted by Gasteiger charge is 2.47. The van der Waals surface area contributed by atoms with Crippen LogP contribution < -0.4 is 14.9 Å². The molecule has 3 heterocycles. The number of aliphatic hydroxyl groups excluding tert-OH is 8. The van der Waals surface area contributed by atoms with Crippen LogP contribution in [0, 0.1) is 0 Å². The summed E-state index contributed by atoms with van der Waals surface area (Å²) in [4.78, 5) is 13.3. The largest absolute Gasteiger partial charge is 0.506 e. The quantitative estimate of drug-likeness (QED) is 0.131. The van der Waals surface area contributed by atoms with E-state index in [2.05, 4.69) is 0 Å². The average Bonchev–Trinajstić information content (AvgIpc) is 3.01. The van der Waals surface area contributed by atoms with Crippen molar-refractivity contribution >= 4 is 11.0 Å². The second-order valence-corrected chi connectivity index (χ2v) is 10.4. The maximum Gasteiger partial charge on any atom is 0.229 e. The molecule has 0 amide bonds. The molecule has 240 valence electrons. The molecule has 0 bridgehead atoms. The van der Waals surface area contributed by atoms with Crippen molar-refractivity contribution in [3.8, 4) is 34.3 Å². The molecule has 2 saturated heterocycles. The van der Waals surface area contributed by atoms with Crippen LogP contribution in [-0.2, 0) is 9.47 Å². The standard InChI is InChI=1S/C28H32O16/c1-40-14-6-15-18(22(35)19(14)27-25(38)23(36)20(33)16(7-29)42-27)11(32)5-12(41-15)9-2-3-10(31)13(4-9)43-28-26(39)24(37)21(34)17(8-30)44-28/h2-6,16-17,20-21,23-31,33-39H,7-8H2,1H3. The van der Waals surface area contributed by atoms with Gasteiger partial charge in [-0.15, -0.1) is 0 Å². The topological polar surface area (TPSA) is 269 Å². The van der Waals surface area contributed by atoms with Gasteiger partial charge in [0.15, 0.2) is 16.9 Å². The summed E-state index contributed by atoms with van der Waals surface area (Å²) >= 11 is 0. The van der Waals surface area contributed by atoms with E-state index in [9.17, 15) is 55.9 Å². The number of benzene rings is 2. The van der Waals surface area contributed by atoms with Crippen molar-refractivity contribution in [1.29, 1.82) is 0 Å². The first-order chi connectivity index (χ1) is 20.9. The van der Waals surface area contributed by atoms with E-state index in [1.807, 2.05) is 0 Å². The number of hydrogen-bond acceptors (Lipinski definition) is 16. The van der Waals surface area contributed by atoms with E-state index in [1.165, 1.54) is 31.4 Å². The van der Waals surface area contributed by atoms with Gasteiger partial charge in [0.1, 0.15) is 83.2 Å². The molecule has 2 aromatic carbocycles. The minimum absolute atomic E-state index is 0.0804. The first-order valence-electron chi connectivity index (χ1n) is 13.4. The van der Waals surface area contributed by atoms with Gasteiger partial charge in [-0.25, -0.2) is 0 Å². The minimum atomic E-state index is -1.78. The highest BCUT2D eigenvalue weighted by Crippen LogP contribution is 2.45. The molecule has 10 unspecified atom stereocenters. The predicted octanol–water partition coefficient (Wildman–Crippen LogP) is -2.43. The van der Waals surface area contributed by atoms with Crippen LogP contribution in [0.5, 0.6) is 23.0 Å². The van der Waals surface area contributed by atoms with E-state index in [0.29, 0.717) is 0 Å². The predicted molar refractivity (Wildman–Crippen MR) is 145 cm³/mol. The van der Waals surface area contributed by atoms with E-state index in [0.717, 1.165) is 6.07 Å². The molecule has 2 aliphatic heterocycles. The lowest BCUT2D eigenvalue weighted by atomic mass is 9.89. The Bertz CT molecular complexity index is 1550. The Morgan fingerprint density at radius 2 is 1.41 bits per heavy atom. The Hall–Kier alpha value is -3.55. The van der Waals surface area contributed by atoms with Gasteiger partial charge >= 0.3 is 0 Å². The molecule has 0 radical (unpaired) electrons. The van der Waals surface area contributed by atoms with Crippen molar-refractivity contribution in [1.82, 2.24) is 0 Å². The average molecular weight is 625 g/mol. The molecule has 16 nitrogen and oxygen atoms in total. The number of phenolic OH excluding ortho intramolecular Hbond substituents is 2. The molecule has 44 heavy (non-hydrogen) atoms. The first-order valence-corrected chi connectivity index (χ1v) is 13.4. The molecule has 2 aliphatic rings. The Balaban J connectivity index is 1.53. The van der Waals surface area contributed by atoms with Gasteiger partial charge in [0.25, 0.3) is 0 Å². The highest BCUT2D eigenvalue weighted by atomic mass is 16.7. The van der Waals surface area contributed by atoms with Crippen molar-refractivity contribution < 1.29 is 74.4 Å². The normalized spacial score (nSPS) is 32.5. The number of hydrogen-bond donors (Lipinski definition) is 10. The van der Waals surface area contributed by atoms with Gasteiger partial charge < -0.3 is 74.4 Å². The molecular weight excluding hydrogens is 592 g/mol. The van der Waals surface area contributed by atoms with Gasteiger partial charge in [-0.1, -0.05) is 0 Å². The van der Waals surface area contributed by atoms with Crippen LogP contribution in [0.3, 0.4) is 0 Å². The van der Waals surface area contributed by atoms with Crippen LogP contribution in [-0.4, -0.2) is 127 Å². The number of methoxy groups -OCH3 is 1. The second kappa shape index (κ2) is 12.4. The van der Waals surface area contributed by atoms with Crippen molar-refractivity contribution in [2.45, 2.75) is 61.2 Å². The summed E-state index contributed by atoms with van der Waals surface area (Å²) < 4.78 is 27.6. The molecule has 16 heteroatoms. The molecule has 3 aromatic rings. The fourth-order valence-electron chi connectivity index (χ4n) is 5.27. The molecule has 10 atom stereocenters. The van der Waals surface area contributed by atoms with Gasteiger partial charge in [-0.3, -0.25) is 4.79 Å². The number of fused-ring (bicyclic) bond motifs is 1. The summed E-state index contributed by atoms with van der Waals surface area (Å²) in [5, 5.41) is 101. The van der Waals surface area contributed by atoms with Crippen LogP contribution in [0.4, 0.5) is 0 Å². The Morgan fingerprint density at radius 3 is 2.05 bits per heavy atom. The number of rotatable bonds is 7. The zero-order valence-corrected chi connectivity index (χ0v) is 23.0. The van der Waals surface area contributed by atoms with Crippen LogP contribution in [0.2, 0.25) is 0 Å². The van der Waals surface area contributed by atoms with Gasteiger partial charge in [0.2, 0.25) is 6.29 Å². The molecule has 2 fully saturated rings. The molecule has 1 aromatic heterocycles. The Labute approximate surface area is 247 Å². The zero-order valence-electron chi connectivity index (χ0n) is 23.0. The third-order valence-electron chi connectivity index (χ3n) is 7.73. The first kappa shape index (κ1) is 31.9. The SMILES string of the molecule is COc1cc2oc(-c3ccc(O)c(OC4OC(CO)C(O)C(O)C4O)c3)cc(=O)c2c(O)c1C1OC(CO)C(O)C(O)C1O. The molecule has 0 aliphatic carbocycles. The zero-order chi connectivity index (χ0) is 32.0. The van der Waals surface area contributed by atoms with Gasteiger partial charge in [-0.2, -0.15) is 0 Å². The second-order valence-electron chi connectivity index (χ2n) is 10.4. The monoisotopic (exact) mass is 624 g/mol. The summed E-state index contributed by atoms with van der Waals surface area (Å²) in [6.45, 7) is -1.42. The number of ether oxygens (including phenoxy) is 4.